The molecule has 5 heteroatoms. The summed E-state index contributed by atoms with van der Waals surface area (Å²) in [6.07, 6.45) is 1.72. The fourth-order valence-corrected chi connectivity index (χ4v) is 2.42. The average molecular weight is 249 g/mol. The van der Waals surface area contributed by atoms with Crippen LogP contribution in [0.2, 0.25) is 0 Å². The van der Waals surface area contributed by atoms with Gasteiger partial charge in [-0.1, -0.05) is 0 Å². The number of hydrogen-bond acceptors (Lipinski definition) is 4. The topological polar surface area (TPSA) is 92.6 Å². The summed E-state index contributed by atoms with van der Waals surface area (Å²) in [5.74, 6) is -0.487. The van der Waals surface area contributed by atoms with Crippen molar-refractivity contribution in [1.82, 2.24) is 0 Å². The van der Waals surface area contributed by atoms with Crippen molar-refractivity contribution in [2.45, 2.75) is 25.4 Å². The number of aliphatic hydroxyl groups is 1. The van der Waals surface area contributed by atoms with Gasteiger partial charge in [-0.25, -0.2) is 0 Å². The number of rotatable bonds is 2. The maximum Gasteiger partial charge on any atom is 0.248 e. The van der Waals surface area contributed by atoms with E-state index in [-0.39, 0.29) is 0 Å². The van der Waals surface area contributed by atoms with Crippen molar-refractivity contribution in [1.29, 1.82) is 0 Å². The number of nitrogens with two attached hydrogens (primary N) is 2. The Labute approximate surface area is 106 Å². The lowest BCUT2D eigenvalue weighted by atomic mass is 9.94. The molecule has 0 bridgehead atoms. The molecule has 5 nitrogen and oxygen atoms in total. The van der Waals surface area contributed by atoms with E-state index in [1.807, 2.05) is 11.8 Å². The Bertz CT molecular complexity index is 471. The number of benzene rings is 1. The molecule has 5 N–H and O–H groups in total. The molecule has 0 radical (unpaired) electrons. The number of primary amides is 1. The zero-order valence-electron chi connectivity index (χ0n) is 10.5. The van der Waals surface area contributed by atoms with E-state index in [2.05, 4.69) is 0 Å². The van der Waals surface area contributed by atoms with Gasteiger partial charge in [0, 0.05) is 18.7 Å². The van der Waals surface area contributed by atoms with Crippen LogP contribution in [0.25, 0.3) is 0 Å². The molecule has 0 saturated carbocycles. The van der Waals surface area contributed by atoms with Gasteiger partial charge in [0.15, 0.2) is 0 Å². The molecule has 98 valence electrons. The Morgan fingerprint density at radius 2 is 2.22 bits per heavy atom. The normalized spacial score (nSPS) is 24.0. The molecule has 1 amide bonds. The van der Waals surface area contributed by atoms with Gasteiger partial charge in [0.05, 0.1) is 17.0 Å². The number of nitrogen functional groups attached to an aromatic ring is 1. The van der Waals surface area contributed by atoms with Crippen molar-refractivity contribution in [3.8, 4) is 0 Å². The molecular formula is C13H19N3O2. The van der Waals surface area contributed by atoms with Gasteiger partial charge in [0.25, 0.3) is 0 Å². The first kappa shape index (κ1) is 12.7. The van der Waals surface area contributed by atoms with Crippen LogP contribution in [0.3, 0.4) is 0 Å². The Balaban J connectivity index is 2.26. The first-order chi connectivity index (χ1) is 8.39. The molecule has 1 fully saturated rings. The van der Waals surface area contributed by atoms with Gasteiger partial charge in [-0.15, -0.1) is 0 Å². The first-order valence-corrected chi connectivity index (χ1v) is 6.06. The van der Waals surface area contributed by atoms with E-state index in [0.717, 1.165) is 25.1 Å². The number of carbonyl (C=O) groups excluding carboxylic acids is 1. The summed E-state index contributed by atoms with van der Waals surface area (Å²) >= 11 is 0. The van der Waals surface area contributed by atoms with Crippen molar-refractivity contribution >= 4 is 17.3 Å². The number of nitrogens with zero attached hydrogens (tertiary/aromatic N) is 1. The van der Waals surface area contributed by atoms with Gasteiger partial charge in [-0.3, -0.25) is 4.79 Å². The summed E-state index contributed by atoms with van der Waals surface area (Å²) in [4.78, 5) is 13.1. The van der Waals surface area contributed by atoms with E-state index >= 15 is 0 Å². The maximum atomic E-state index is 11.1. The van der Waals surface area contributed by atoms with Crippen LogP contribution in [-0.4, -0.2) is 29.7 Å². The van der Waals surface area contributed by atoms with Crippen molar-refractivity contribution in [2.75, 3.05) is 23.7 Å². The second-order valence-electron chi connectivity index (χ2n) is 5.16. The third kappa shape index (κ3) is 2.56. The zero-order valence-corrected chi connectivity index (χ0v) is 10.5. The van der Waals surface area contributed by atoms with Crippen LogP contribution in [0, 0.1) is 0 Å². The molecule has 1 aliphatic rings. The van der Waals surface area contributed by atoms with Gasteiger partial charge in [-0.05, 0) is 38.0 Å². The Morgan fingerprint density at radius 1 is 1.50 bits per heavy atom. The maximum absolute atomic E-state index is 11.1. The molecule has 1 aromatic carbocycles. The number of piperidine rings is 1. The lowest BCUT2D eigenvalue weighted by molar-refractivity contribution is 0.0449. The Kier molecular flexibility index (Phi) is 3.17. The van der Waals surface area contributed by atoms with Crippen LogP contribution in [0.4, 0.5) is 11.4 Å². The summed E-state index contributed by atoms with van der Waals surface area (Å²) in [6, 6.07) is 5.04. The van der Waals surface area contributed by atoms with Crippen molar-refractivity contribution in [3.05, 3.63) is 23.8 Å². The van der Waals surface area contributed by atoms with E-state index in [4.69, 9.17) is 11.5 Å². The first-order valence-electron chi connectivity index (χ1n) is 6.06. The van der Waals surface area contributed by atoms with E-state index < -0.39 is 11.5 Å². The summed E-state index contributed by atoms with van der Waals surface area (Å²) in [5, 5.41) is 10.1. The third-order valence-corrected chi connectivity index (χ3v) is 3.33. The summed E-state index contributed by atoms with van der Waals surface area (Å²) in [7, 11) is 0. The summed E-state index contributed by atoms with van der Waals surface area (Å²) in [5.41, 5.74) is 12.2. The molecule has 18 heavy (non-hydrogen) atoms. The smallest absolute Gasteiger partial charge is 0.248 e. The van der Waals surface area contributed by atoms with E-state index in [1.54, 1.807) is 18.2 Å². The van der Waals surface area contributed by atoms with E-state index in [0.29, 0.717) is 17.8 Å². The number of anilines is 2. The molecule has 2 rings (SSSR count). The second kappa shape index (κ2) is 4.49. The Morgan fingerprint density at radius 3 is 2.78 bits per heavy atom. The van der Waals surface area contributed by atoms with E-state index in [9.17, 15) is 9.90 Å². The molecule has 1 aliphatic heterocycles. The molecule has 1 aromatic rings. The minimum absolute atomic E-state index is 0.403. The predicted molar refractivity (Wildman–Crippen MR) is 71.4 cm³/mol. The highest BCUT2D eigenvalue weighted by Crippen LogP contribution is 2.30. The molecular weight excluding hydrogens is 230 g/mol. The highest BCUT2D eigenvalue weighted by Gasteiger charge is 2.29. The fraction of sp³-hybridized carbons (Fsp3) is 0.462. The van der Waals surface area contributed by atoms with Gasteiger partial charge >= 0.3 is 0 Å². The zero-order chi connectivity index (χ0) is 13.3. The molecule has 1 heterocycles. The molecule has 1 atom stereocenters. The SMILES string of the molecule is CC1(O)CCCN(c2ccc(C(N)=O)cc2N)C1. The van der Waals surface area contributed by atoms with Crippen LogP contribution < -0.4 is 16.4 Å². The Hall–Kier alpha value is -1.75. The number of hydrogen-bond donors (Lipinski definition) is 3. The molecule has 1 saturated heterocycles. The van der Waals surface area contributed by atoms with Gasteiger partial charge in [-0.2, -0.15) is 0 Å². The van der Waals surface area contributed by atoms with Crippen molar-refractivity contribution in [2.24, 2.45) is 5.73 Å². The van der Waals surface area contributed by atoms with Crippen LogP contribution >= 0.6 is 0 Å². The van der Waals surface area contributed by atoms with Crippen LogP contribution in [0.1, 0.15) is 30.1 Å². The highest BCUT2D eigenvalue weighted by atomic mass is 16.3. The minimum atomic E-state index is -0.687. The minimum Gasteiger partial charge on any atom is -0.397 e. The number of amides is 1. The molecule has 0 aliphatic carbocycles. The largest absolute Gasteiger partial charge is 0.397 e. The van der Waals surface area contributed by atoms with E-state index in [1.165, 1.54) is 0 Å². The summed E-state index contributed by atoms with van der Waals surface area (Å²) < 4.78 is 0. The van der Waals surface area contributed by atoms with Crippen molar-refractivity contribution in [3.63, 3.8) is 0 Å². The fourth-order valence-electron chi connectivity index (χ4n) is 2.42. The average Bonchev–Trinajstić information content (AvgIpc) is 2.27. The summed E-state index contributed by atoms with van der Waals surface area (Å²) in [6.45, 7) is 3.23. The molecule has 1 unspecified atom stereocenters. The van der Waals surface area contributed by atoms with Crippen LogP contribution in [0.5, 0.6) is 0 Å². The second-order valence-corrected chi connectivity index (χ2v) is 5.16. The lowest BCUT2D eigenvalue weighted by Crippen LogP contribution is -2.46. The molecule has 0 aromatic heterocycles. The standard InChI is InChI=1S/C13H19N3O2/c1-13(18)5-2-6-16(8-13)11-4-3-9(12(15)17)7-10(11)14/h3-4,7,18H,2,5-6,8,14H2,1H3,(H2,15,17). The van der Waals surface area contributed by atoms with Gasteiger partial charge < -0.3 is 21.5 Å². The highest BCUT2D eigenvalue weighted by molar-refractivity contribution is 5.94. The van der Waals surface area contributed by atoms with Gasteiger partial charge in [0.1, 0.15) is 0 Å². The number of β-amino-alcohol motifs (C(OH)–C–C–N with tert-alkyl or cyclic N) is 1. The predicted octanol–water partition coefficient (Wildman–Crippen LogP) is 0.719. The monoisotopic (exact) mass is 249 g/mol. The quantitative estimate of drug-likeness (QED) is 0.673. The lowest BCUT2D eigenvalue weighted by Gasteiger charge is -2.38. The number of carbonyl (C=O) groups is 1. The van der Waals surface area contributed by atoms with Crippen molar-refractivity contribution < 1.29 is 9.90 Å². The molecule has 0 spiro atoms. The van der Waals surface area contributed by atoms with Gasteiger partial charge in [0.2, 0.25) is 5.91 Å². The van der Waals surface area contributed by atoms with Crippen LogP contribution in [0.15, 0.2) is 18.2 Å². The third-order valence-electron chi connectivity index (χ3n) is 3.33. The van der Waals surface area contributed by atoms with Crippen LogP contribution in [-0.2, 0) is 0 Å².